The smallest absolute Gasteiger partial charge is 0.350 e. The third-order valence-electron chi connectivity index (χ3n) is 7.98. The summed E-state index contributed by atoms with van der Waals surface area (Å²) in [5, 5.41) is 0. The predicted molar refractivity (Wildman–Crippen MR) is 130 cm³/mol. The van der Waals surface area contributed by atoms with Crippen molar-refractivity contribution in [1.82, 2.24) is 9.79 Å². The fraction of sp³-hybridized carbons (Fsp3) is 0.960. The number of hydrogen-bond acceptors (Lipinski definition) is 5. The third-order valence-corrected chi connectivity index (χ3v) is 10.6. The molecule has 2 saturated heterocycles. The van der Waals surface area contributed by atoms with Crippen LogP contribution in [-0.2, 0) is 24.4 Å². The normalized spacial score (nSPS) is 24.5. The second kappa shape index (κ2) is 13.8. The van der Waals surface area contributed by atoms with E-state index in [9.17, 15) is 26.4 Å². The molecule has 0 aromatic heterocycles. The van der Waals surface area contributed by atoms with Crippen molar-refractivity contribution in [3.05, 3.63) is 0 Å². The molecule has 2 heterocycles. The lowest BCUT2D eigenvalue weighted by molar-refractivity contribution is -0.201. The molecular weight excluding hydrogens is 497 g/mol. The molecule has 7 nitrogen and oxygen atoms in total. The molecule has 3 aliphatic rings. The summed E-state index contributed by atoms with van der Waals surface area (Å²) in [6.07, 6.45) is 6.03. The van der Waals surface area contributed by atoms with Gasteiger partial charge in [-0.2, -0.15) is 13.2 Å². The number of piperidine rings is 1. The number of amides is 1. The molecule has 1 atom stereocenters. The van der Waals surface area contributed by atoms with Gasteiger partial charge in [0, 0.05) is 32.5 Å². The number of carbonyl (C=O) groups is 1. The van der Waals surface area contributed by atoms with Crippen molar-refractivity contribution in [3.8, 4) is 0 Å². The summed E-state index contributed by atoms with van der Waals surface area (Å²) in [5.41, 5.74) is 2.44. The van der Waals surface area contributed by atoms with Crippen molar-refractivity contribution >= 4 is 15.9 Å². The van der Waals surface area contributed by atoms with Gasteiger partial charge >= 0.3 is 6.18 Å². The fourth-order valence-corrected chi connectivity index (χ4v) is 7.98. The summed E-state index contributed by atoms with van der Waals surface area (Å²) in [6, 6.07) is 0. The van der Waals surface area contributed by atoms with E-state index in [0.717, 1.165) is 57.8 Å². The molecule has 36 heavy (non-hydrogen) atoms. The van der Waals surface area contributed by atoms with E-state index in [2.05, 4.69) is 5.48 Å². The monoisotopic (exact) mass is 540 g/mol. The van der Waals surface area contributed by atoms with Gasteiger partial charge in [0.1, 0.15) is 0 Å². The van der Waals surface area contributed by atoms with Crippen LogP contribution in [0, 0.1) is 5.92 Å². The van der Waals surface area contributed by atoms with Gasteiger partial charge in [0.05, 0.1) is 0 Å². The van der Waals surface area contributed by atoms with Gasteiger partial charge in [-0.3, -0.25) is 4.79 Å². The molecule has 2 aliphatic heterocycles. The van der Waals surface area contributed by atoms with E-state index in [1.807, 2.05) is 0 Å². The van der Waals surface area contributed by atoms with E-state index in [-0.39, 0.29) is 6.42 Å². The van der Waals surface area contributed by atoms with Crippen LogP contribution in [0.4, 0.5) is 13.2 Å². The zero-order chi connectivity index (χ0) is 26.1. The number of hydroxylamine groups is 1. The highest BCUT2D eigenvalue weighted by Crippen LogP contribution is 2.39. The Morgan fingerprint density at radius 3 is 2.25 bits per heavy atom. The SMILES string of the molecule is O=C(NOC1CCCCO1)C1(S(=O)(=O)N2CCC(CCCCCCCC(F)(F)F)CC2)CCCCC1. The summed E-state index contributed by atoms with van der Waals surface area (Å²) < 4.78 is 69.7. The average molecular weight is 541 g/mol. The zero-order valence-electron chi connectivity index (χ0n) is 21.3. The standard InChI is InChI=1S/C25H43F3N2O5S/c26-25(27,28)17-9-3-1-2-5-11-21-13-18-30(19-14-21)36(32,33)24(15-7-4-8-16-24)23(31)29-35-22-12-6-10-20-34-22/h21-22H,1-20H2,(H,29,31). The summed E-state index contributed by atoms with van der Waals surface area (Å²) in [4.78, 5) is 18.7. The molecule has 0 aromatic rings. The van der Waals surface area contributed by atoms with Crippen LogP contribution in [-0.4, -0.2) is 55.5 Å². The van der Waals surface area contributed by atoms with E-state index >= 15 is 0 Å². The Bertz CT molecular complexity index is 773. The molecule has 3 fully saturated rings. The Kier molecular flexibility index (Phi) is 11.3. The first-order chi connectivity index (χ1) is 17.1. The van der Waals surface area contributed by atoms with Gasteiger partial charge in [0.25, 0.3) is 5.91 Å². The highest BCUT2D eigenvalue weighted by atomic mass is 32.2. The molecule has 0 aromatic carbocycles. The molecule has 3 rings (SSSR count). The maximum atomic E-state index is 13.8. The van der Waals surface area contributed by atoms with E-state index in [1.165, 1.54) is 4.31 Å². The first kappa shape index (κ1) is 29.6. The van der Waals surface area contributed by atoms with Crippen molar-refractivity contribution < 1.29 is 36.0 Å². The molecule has 1 amide bonds. The molecule has 1 N–H and O–H groups in total. The number of sulfonamides is 1. The maximum absolute atomic E-state index is 13.8. The van der Waals surface area contributed by atoms with E-state index in [1.54, 1.807) is 0 Å². The van der Waals surface area contributed by atoms with Crippen LogP contribution in [0.15, 0.2) is 0 Å². The van der Waals surface area contributed by atoms with Crippen LogP contribution in [0.2, 0.25) is 0 Å². The molecule has 11 heteroatoms. The number of halogens is 3. The highest BCUT2D eigenvalue weighted by Gasteiger charge is 2.54. The van der Waals surface area contributed by atoms with E-state index < -0.39 is 39.6 Å². The Morgan fingerprint density at radius 2 is 1.61 bits per heavy atom. The number of carbonyl (C=O) groups excluding carboxylic acids is 1. The Morgan fingerprint density at radius 1 is 0.944 bits per heavy atom. The van der Waals surface area contributed by atoms with Crippen molar-refractivity contribution in [2.24, 2.45) is 5.92 Å². The molecule has 1 saturated carbocycles. The fourth-order valence-electron chi connectivity index (χ4n) is 5.72. The van der Waals surface area contributed by atoms with Crippen molar-refractivity contribution in [2.75, 3.05) is 19.7 Å². The molecule has 1 unspecified atom stereocenters. The number of nitrogens with zero attached hydrogens (tertiary/aromatic N) is 1. The second-order valence-electron chi connectivity index (χ2n) is 10.7. The number of unbranched alkanes of at least 4 members (excludes halogenated alkanes) is 4. The summed E-state index contributed by atoms with van der Waals surface area (Å²) in [7, 11) is -3.86. The third kappa shape index (κ3) is 8.30. The first-order valence-corrected chi connectivity index (χ1v) is 15.2. The van der Waals surface area contributed by atoms with Crippen LogP contribution >= 0.6 is 0 Å². The van der Waals surface area contributed by atoms with E-state index in [4.69, 9.17) is 9.57 Å². The minimum Gasteiger partial charge on any atom is -0.350 e. The topological polar surface area (TPSA) is 84.9 Å². The number of nitrogens with one attached hydrogen (secondary N) is 1. The van der Waals surface area contributed by atoms with Gasteiger partial charge < -0.3 is 4.74 Å². The lowest BCUT2D eigenvalue weighted by atomic mass is 9.88. The summed E-state index contributed by atoms with van der Waals surface area (Å²) in [5.74, 6) is -0.168. The lowest BCUT2D eigenvalue weighted by Gasteiger charge is -2.41. The number of hydrogen-bond donors (Lipinski definition) is 1. The molecular formula is C25H43F3N2O5S. The quantitative estimate of drug-likeness (QED) is 0.257. The molecule has 0 bridgehead atoms. The minimum absolute atomic E-state index is 0.188. The van der Waals surface area contributed by atoms with Crippen LogP contribution in [0.3, 0.4) is 0 Å². The van der Waals surface area contributed by atoms with Gasteiger partial charge in [-0.25, -0.2) is 23.0 Å². The van der Waals surface area contributed by atoms with Gasteiger partial charge in [-0.05, 0) is 50.9 Å². The van der Waals surface area contributed by atoms with Gasteiger partial charge in [0.2, 0.25) is 10.0 Å². The first-order valence-electron chi connectivity index (χ1n) is 13.8. The zero-order valence-corrected chi connectivity index (χ0v) is 22.1. The number of ether oxygens (including phenoxy) is 1. The molecule has 0 radical (unpaired) electrons. The average Bonchev–Trinajstić information content (AvgIpc) is 2.87. The number of alkyl halides is 3. The van der Waals surface area contributed by atoms with Crippen LogP contribution < -0.4 is 5.48 Å². The van der Waals surface area contributed by atoms with Gasteiger partial charge in [-0.1, -0.05) is 51.4 Å². The predicted octanol–water partition coefficient (Wildman–Crippen LogP) is 5.60. The van der Waals surface area contributed by atoms with E-state index in [0.29, 0.717) is 64.1 Å². The van der Waals surface area contributed by atoms with Crippen LogP contribution in [0.5, 0.6) is 0 Å². The molecule has 210 valence electrons. The maximum Gasteiger partial charge on any atom is 0.389 e. The molecule has 1 aliphatic carbocycles. The van der Waals surface area contributed by atoms with Crippen molar-refractivity contribution in [2.45, 2.75) is 126 Å². The van der Waals surface area contributed by atoms with Gasteiger partial charge in [-0.15, -0.1) is 0 Å². The largest absolute Gasteiger partial charge is 0.389 e. The Labute approximate surface area is 213 Å². The summed E-state index contributed by atoms with van der Waals surface area (Å²) in [6.45, 7) is 1.37. The Hall–Kier alpha value is -0.910. The van der Waals surface area contributed by atoms with Crippen LogP contribution in [0.1, 0.15) is 109 Å². The van der Waals surface area contributed by atoms with Crippen molar-refractivity contribution in [1.29, 1.82) is 0 Å². The Balaban J connectivity index is 1.45. The summed E-state index contributed by atoms with van der Waals surface area (Å²) >= 11 is 0. The highest BCUT2D eigenvalue weighted by molar-refractivity contribution is 7.91. The van der Waals surface area contributed by atoms with Crippen LogP contribution in [0.25, 0.3) is 0 Å². The minimum atomic E-state index is -4.07. The molecule has 0 spiro atoms. The lowest BCUT2D eigenvalue weighted by Crippen LogP contribution is -2.59. The van der Waals surface area contributed by atoms with Gasteiger partial charge in [0.15, 0.2) is 11.0 Å². The second-order valence-corrected chi connectivity index (χ2v) is 12.9. The van der Waals surface area contributed by atoms with Crippen molar-refractivity contribution in [3.63, 3.8) is 0 Å². The number of rotatable bonds is 12.